The van der Waals surface area contributed by atoms with Gasteiger partial charge in [-0.1, -0.05) is 6.08 Å². The molecule has 0 spiro atoms. The summed E-state index contributed by atoms with van der Waals surface area (Å²) in [5.41, 5.74) is 1.01. The van der Waals surface area contributed by atoms with Crippen LogP contribution in [0.5, 0.6) is 0 Å². The summed E-state index contributed by atoms with van der Waals surface area (Å²) in [6.45, 7) is 5.81. The Bertz CT molecular complexity index is 173. The second kappa shape index (κ2) is 4.06. The summed E-state index contributed by atoms with van der Waals surface area (Å²) < 4.78 is 5.59. The van der Waals surface area contributed by atoms with Gasteiger partial charge >= 0.3 is 0 Å². The van der Waals surface area contributed by atoms with Crippen LogP contribution < -0.4 is 0 Å². The van der Waals surface area contributed by atoms with E-state index in [2.05, 4.69) is 6.92 Å². The van der Waals surface area contributed by atoms with Crippen LogP contribution in [0.4, 0.5) is 0 Å². The summed E-state index contributed by atoms with van der Waals surface area (Å²) in [5, 5.41) is 9.22. The van der Waals surface area contributed by atoms with Crippen LogP contribution in [0, 0.1) is 0 Å². The Morgan fingerprint density at radius 3 is 2.67 bits per heavy atom. The lowest BCUT2D eigenvalue weighted by molar-refractivity contribution is 0.0818. The summed E-state index contributed by atoms with van der Waals surface area (Å²) in [5.74, 6) is 0. The van der Waals surface area contributed by atoms with E-state index < -0.39 is 0 Å². The van der Waals surface area contributed by atoms with Gasteiger partial charge in [0.05, 0.1) is 18.3 Å². The van der Waals surface area contributed by atoms with Crippen LogP contribution in [0.2, 0.25) is 0 Å². The SMILES string of the molecule is C/C(=C\C1CCC(C)O1)C(C)O. The summed E-state index contributed by atoms with van der Waals surface area (Å²) >= 11 is 0. The number of aliphatic hydroxyl groups is 1. The molecule has 3 atom stereocenters. The number of aliphatic hydroxyl groups excluding tert-OH is 1. The molecule has 70 valence electrons. The number of rotatable bonds is 2. The van der Waals surface area contributed by atoms with Crippen molar-refractivity contribution in [2.24, 2.45) is 0 Å². The molecule has 3 unspecified atom stereocenters. The first-order valence-electron chi connectivity index (χ1n) is 4.61. The molecule has 2 heteroatoms. The van der Waals surface area contributed by atoms with E-state index in [4.69, 9.17) is 4.74 Å². The van der Waals surface area contributed by atoms with E-state index in [1.54, 1.807) is 6.92 Å². The molecule has 0 radical (unpaired) electrons. The van der Waals surface area contributed by atoms with Gasteiger partial charge < -0.3 is 9.84 Å². The molecular formula is C10H18O2. The smallest absolute Gasteiger partial charge is 0.0763 e. The van der Waals surface area contributed by atoms with E-state index in [0.717, 1.165) is 18.4 Å². The highest BCUT2D eigenvalue weighted by Crippen LogP contribution is 2.21. The highest BCUT2D eigenvalue weighted by molar-refractivity contribution is 5.07. The second-order valence-electron chi connectivity index (χ2n) is 3.65. The van der Waals surface area contributed by atoms with E-state index in [1.165, 1.54) is 0 Å². The van der Waals surface area contributed by atoms with Crippen LogP contribution >= 0.6 is 0 Å². The van der Waals surface area contributed by atoms with Crippen molar-refractivity contribution in [3.05, 3.63) is 11.6 Å². The molecule has 1 N–H and O–H groups in total. The molecule has 12 heavy (non-hydrogen) atoms. The van der Waals surface area contributed by atoms with Crippen LogP contribution in [0.3, 0.4) is 0 Å². The van der Waals surface area contributed by atoms with Gasteiger partial charge in [-0.25, -0.2) is 0 Å². The summed E-state index contributed by atoms with van der Waals surface area (Å²) in [6.07, 6.45) is 4.53. The summed E-state index contributed by atoms with van der Waals surface area (Å²) in [6, 6.07) is 0. The van der Waals surface area contributed by atoms with Gasteiger partial charge in [0.1, 0.15) is 0 Å². The Morgan fingerprint density at radius 1 is 1.58 bits per heavy atom. The van der Waals surface area contributed by atoms with Crippen molar-refractivity contribution in [3.8, 4) is 0 Å². The molecule has 0 saturated carbocycles. The lowest BCUT2D eigenvalue weighted by Crippen LogP contribution is -2.09. The van der Waals surface area contributed by atoms with Gasteiger partial charge in [-0.2, -0.15) is 0 Å². The first-order valence-corrected chi connectivity index (χ1v) is 4.61. The average molecular weight is 170 g/mol. The fourth-order valence-electron chi connectivity index (χ4n) is 1.39. The lowest BCUT2D eigenvalue weighted by Gasteiger charge is -2.09. The van der Waals surface area contributed by atoms with Gasteiger partial charge in [0.2, 0.25) is 0 Å². The minimum absolute atomic E-state index is 0.231. The zero-order chi connectivity index (χ0) is 9.14. The molecule has 0 aromatic heterocycles. The Hall–Kier alpha value is -0.340. The van der Waals surface area contributed by atoms with Crippen molar-refractivity contribution in [2.45, 2.75) is 51.9 Å². The number of hydrogen-bond donors (Lipinski definition) is 1. The van der Waals surface area contributed by atoms with Gasteiger partial charge in [-0.05, 0) is 39.2 Å². The Labute approximate surface area is 74.2 Å². The van der Waals surface area contributed by atoms with Crippen molar-refractivity contribution in [1.82, 2.24) is 0 Å². The predicted molar refractivity (Wildman–Crippen MR) is 49.0 cm³/mol. The van der Waals surface area contributed by atoms with Gasteiger partial charge in [0, 0.05) is 0 Å². The van der Waals surface area contributed by atoms with E-state index in [9.17, 15) is 5.11 Å². The predicted octanol–water partition coefficient (Wildman–Crippen LogP) is 1.88. The van der Waals surface area contributed by atoms with Crippen LogP contribution in [0.15, 0.2) is 11.6 Å². The van der Waals surface area contributed by atoms with Crippen molar-refractivity contribution >= 4 is 0 Å². The topological polar surface area (TPSA) is 29.5 Å². The second-order valence-corrected chi connectivity index (χ2v) is 3.65. The van der Waals surface area contributed by atoms with Gasteiger partial charge in [-0.15, -0.1) is 0 Å². The first kappa shape index (κ1) is 9.75. The van der Waals surface area contributed by atoms with Crippen LogP contribution in [-0.2, 0) is 4.74 Å². The van der Waals surface area contributed by atoms with E-state index in [-0.39, 0.29) is 12.2 Å². The van der Waals surface area contributed by atoms with Crippen molar-refractivity contribution in [1.29, 1.82) is 0 Å². The molecule has 0 amide bonds. The van der Waals surface area contributed by atoms with Gasteiger partial charge in [0.25, 0.3) is 0 Å². The largest absolute Gasteiger partial charge is 0.389 e. The zero-order valence-electron chi connectivity index (χ0n) is 8.08. The number of ether oxygens (including phenoxy) is 1. The van der Waals surface area contributed by atoms with E-state index >= 15 is 0 Å². The Balaban J connectivity index is 2.45. The molecule has 0 bridgehead atoms. The normalized spacial score (nSPS) is 33.8. The lowest BCUT2D eigenvalue weighted by atomic mass is 10.1. The monoisotopic (exact) mass is 170 g/mol. The molecule has 1 saturated heterocycles. The fraction of sp³-hybridized carbons (Fsp3) is 0.800. The average Bonchev–Trinajstić information content (AvgIpc) is 2.35. The third kappa shape index (κ3) is 2.61. The minimum atomic E-state index is -0.343. The molecule has 1 aliphatic rings. The highest BCUT2D eigenvalue weighted by atomic mass is 16.5. The molecule has 1 aliphatic heterocycles. The molecule has 0 aromatic rings. The Kier molecular flexibility index (Phi) is 3.29. The maximum Gasteiger partial charge on any atom is 0.0763 e. The van der Waals surface area contributed by atoms with Crippen LogP contribution in [0.1, 0.15) is 33.6 Å². The first-order chi connectivity index (χ1) is 5.59. The van der Waals surface area contributed by atoms with Crippen LogP contribution in [-0.4, -0.2) is 23.4 Å². The van der Waals surface area contributed by atoms with E-state index in [0.29, 0.717) is 6.10 Å². The number of hydrogen-bond acceptors (Lipinski definition) is 2. The van der Waals surface area contributed by atoms with Crippen molar-refractivity contribution in [3.63, 3.8) is 0 Å². The maximum absolute atomic E-state index is 9.22. The molecular weight excluding hydrogens is 152 g/mol. The van der Waals surface area contributed by atoms with Crippen molar-refractivity contribution in [2.75, 3.05) is 0 Å². The quantitative estimate of drug-likeness (QED) is 0.641. The van der Waals surface area contributed by atoms with Crippen molar-refractivity contribution < 1.29 is 9.84 Å². The molecule has 0 aromatic carbocycles. The zero-order valence-corrected chi connectivity index (χ0v) is 8.08. The molecule has 1 heterocycles. The Morgan fingerprint density at radius 2 is 2.25 bits per heavy atom. The third-order valence-electron chi connectivity index (χ3n) is 2.37. The van der Waals surface area contributed by atoms with Gasteiger partial charge in [-0.3, -0.25) is 0 Å². The third-order valence-corrected chi connectivity index (χ3v) is 2.37. The summed E-state index contributed by atoms with van der Waals surface area (Å²) in [4.78, 5) is 0. The van der Waals surface area contributed by atoms with Crippen LogP contribution in [0.25, 0.3) is 0 Å². The maximum atomic E-state index is 9.22. The fourth-order valence-corrected chi connectivity index (χ4v) is 1.39. The highest BCUT2D eigenvalue weighted by Gasteiger charge is 2.19. The molecule has 1 rings (SSSR count). The van der Waals surface area contributed by atoms with Gasteiger partial charge in [0.15, 0.2) is 0 Å². The molecule has 1 fully saturated rings. The summed E-state index contributed by atoms with van der Waals surface area (Å²) in [7, 11) is 0. The molecule has 0 aliphatic carbocycles. The minimum Gasteiger partial charge on any atom is -0.389 e. The molecule has 2 nitrogen and oxygen atoms in total. The standard InChI is InChI=1S/C10H18O2/c1-7(9(3)11)6-10-5-4-8(2)12-10/h6,8-11H,4-5H2,1-3H3/b7-6+. The van der Waals surface area contributed by atoms with E-state index in [1.807, 2.05) is 13.0 Å².